The number of nitrogens with zero attached hydrogens (tertiary/aromatic N) is 6. The zero-order chi connectivity index (χ0) is 25.2. The molecule has 3 heterocycles. The van der Waals surface area contributed by atoms with Crippen LogP contribution in [-0.2, 0) is 30.2 Å². The van der Waals surface area contributed by atoms with Crippen molar-refractivity contribution in [2.75, 3.05) is 5.32 Å². The number of aliphatic carboxylic acids is 1. The number of aromatic nitrogens is 6. The lowest BCUT2D eigenvalue weighted by molar-refractivity contribution is -0.143. The highest BCUT2D eigenvalue weighted by Crippen LogP contribution is 2.31. The van der Waals surface area contributed by atoms with Gasteiger partial charge in [0.25, 0.3) is 0 Å². The number of carbonyl (C=O) groups is 1. The van der Waals surface area contributed by atoms with E-state index in [9.17, 15) is 9.90 Å². The Hall–Kier alpha value is -3.08. The molecule has 2 N–H and O–H groups in total. The van der Waals surface area contributed by atoms with Crippen molar-refractivity contribution >= 4 is 22.6 Å². The van der Waals surface area contributed by atoms with Gasteiger partial charge in [-0.1, -0.05) is 32.9 Å². The third-order valence-electron chi connectivity index (χ3n) is 6.23. The van der Waals surface area contributed by atoms with E-state index in [1.807, 2.05) is 26.1 Å². The molecule has 10 nitrogen and oxygen atoms in total. The van der Waals surface area contributed by atoms with Crippen LogP contribution < -0.4 is 10.1 Å². The van der Waals surface area contributed by atoms with Crippen LogP contribution >= 0.6 is 11.5 Å². The third kappa shape index (κ3) is 5.77. The molecule has 3 aromatic heterocycles. The van der Waals surface area contributed by atoms with E-state index in [2.05, 4.69) is 45.8 Å². The van der Waals surface area contributed by atoms with E-state index in [0.29, 0.717) is 37.3 Å². The number of pyridine rings is 1. The minimum atomic E-state index is -0.741. The molecule has 11 heteroatoms. The van der Waals surface area contributed by atoms with Crippen molar-refractivity contribution in [1.29, 1.82) is 0 Å². The van der Waals surface area contributed by atoms with Crippen molar-refractivity contribution in [3.63, 3.8) is 0 Å². The lowest BCUT2D eigenvalue weighted by Crippen LogP contribution is -2.29. The fraction of sp³-hybridized carbons (Fsp3) is 0.583. The number of hydrogen-bond acceptors (Lipinski definition) is 9. The van der Waals surface area contributed by atoms with Crippen molar-refractivity contribution in [2.45, 2.75) is 77.9 Å². The average molecular weight is 500 g/mol. The zero-order valence-electron chi connectivity index (χ0n) is 20.9. The molecule has 0 radical (unpaired) electrons. The molecule has 35 heavy (non-hydrogen) atoms. The fourth-order valence-corrected chi connectivity index (χ4v) is 4.92. The summed E-state index contributed by atoms with van der Waals surface area (Å²) in [6, 6.07) is 3.81. The maximum Gasteiger partial charge on any atom is 0.306 e. The van der Waals surface area contributed by atoms with E-state index in [4.69, 9.17) is 9.72 Å². The molecule has 0 aromatic carbocycles. The van der Waals surface area contributed by atoms with Crippen molar-refractivity contribution in [3.05, 3.63) is 29.3 Å². The standard InChI is InChI=1S/C24H33N7O3S/c1-6-16-19(34-15-9-7-8-14(12-15)21(32)33)11-10-17(26-16)20-18(31(5)30-28-20)13-25-23-27-22(29-35-23)24(2,3)4/h10-11,14-15H,6-9,12-13H2,1-5H3,(H,32,33)(H,25,27,29)/t14-,15-/m0/s1. The highest BCUT2D eigenvalue weighted by atomic mass is 32.1. The summed E-state index contributed by atoms with van der Waals surface area (Å²) in [6.45, 7) is 8.78. The second kappa shape index (κ2) is 10.3. The first-order valence-corrected chi connectivity index (χ1v) is 12.8. The summed E-state index contributed by atoms with van der Waals surface area (Å²) in [5.41, 5.74) is 3.02. The minimum Gasteiger partial charge on any atom is -0.488 e. The van der Waals surface area contributed by atoms with Gasteiger partial charge in [-0.15, -0.1) is 5.10 Å². The largest absolute Gasteiger partial charge is 0.488 e. The van der Waals surface area contributed by atoms with E-state index in [1.54, 1.807) is 4.68 Å². The smallest absolute Gasteiger partial charge is 0.306 e. The second-order valence-electron chi connectivity index (χ2n) is 9.97. The highest BCUT2D eigenvalue weighted by Gasteiger charge is 2.29. The number of rotatable bonds is 8. The molecule has 2 atom stereocenters. The van der Waals surface area contributed by atoms with E-state index in [0.717, 1.165) is 40.9 Å². The number of nitrogens with one attached hydrogen (secondary N) is 1. The van der Waals surface area contributed by atoms with Crippen molar-refractivity contribution in [1.82, 2.24) is 29.3 Å². The van der Waals surface area contributed by atoms with Crippen LogP contribution in [0.4, 0.5) is 5.13 Å². The number of carboxylic acid groups (broad SMARTS) is 1. The normalized spacial score (nSPS) is 18.4. The molecule has 0 aliphatic heterocycles. The predicted molar refractivity (Wildman–Crippen MR) is 134 cm³/mol. The van der Waals surface area contributed by atoms with Gasteiger partial charge in [0.1, 0.15) is 17.3 Å². The van der Waals surface area contributed by atoms with Gasteiger partial charge in [0, 0.05) is 24.0 Å². The first kappa shape index (κ1) is 25.0. The summed E-state index contributed by atoms with van der Waals surface area (Å²) in [4.78, 5) is 20.8. The van der Waals surface area contributed by atoms with Gasteiger partial charge in [-0.2, -0.15) is 4.37 Å². The van der Waals surface area contributed by atoms with Gasteiger partial charge in [0.15, 0.2) is 0 Å². The Morgan fingerprint density at radius 3 is 2.77 bits per heavy atom. The molecule has 0 unspecified atom stereocenters. The molecule has 1 saturated carbocycles. The van der Waals surface area contributed by atoms with E-state index >= 15 is 0 Å². The molecular weight excluding hydrogens is 466 g/mol. The SMILES string of the molecule is CCc1nc(-c2nnn(C)c2CNc2nc(C(C)(C)C)ns2)ccc1O[C@H]1CCC[C@H](C(=O)O)C1. The molecular formula is C24H33N7O3S. The van der Waals surface area contributed by atoms with Crippen LogP contribution in [0, 0.1) is 5.92 Å². The minimum absolute atomic E-state index is 0.105. The summed E-state index contributed by atoms with van der Waals surface area (Å²) in [6.07, 6.45) is 3.54. The van der Waals surface area contributed by atoms with Gasteiger partial charge in [-0.25, -0.2) is 14.6 Å². The van der Waals surface area contributed by atoms with E-state index in [-0.39, 0.29) is 17.4 Å². The average Bonchev–Trinajstić information content (AvgIpc) is 3.45. The first-order valence-electron chi connectivity index (χ1n) is 12.0. The van der Waals surface area contributed by atoms with Crippen LogP contribution in [0.25, 0.3) is 11.4 Å². The Labute approximate surface area is 209 Å². The second-order valence-corrected chi connectivity index (χ2v) is 10.7. The van der Waals surface area contributed by atoms with Crippen LogP contribution in [0.15, 0.2) is 12.1 Å². The lowest BCUT2D eigenvalue weighted by atomic mass is 9.87. The van der Waals surface area contributed by atoms with Crippen molar-refractivity contribution < 1.29 is 14.6 Å². The maximum atomic E-state index is 11.4. The van der Waals surface area contributed by atoms with E-state index < -0.39 is 5.97 Å². The summed E-state index contributed by atoms with van der Waals surface area (Å²) in [7, 11) is 1.86. The molecule has 0 saturated heterocycles. The Balaban J connectivity index is 1.50. The molecule has 1 aliphatic carbocycles. The number of carboxylic acids is 1. The molecule has 0 amide bonds. The van der Waals surface area contributed by atoms with Gasteiger partial charge in [0.2, 0.25) is 5.13 Å². The highest BCUT2D eigenvalue weighted by molar-refractivity contribution is 7.09. The topological polar surface area (TPSA) is 128 Å². The van der Waals surface area contributed by atoms with Gasteiger partial charge in [-0.05, 0) is 44.2 Å². The van der Waals surface area contributed by atoms with Crippen LogP contribution in [0.3, 0.4) is 0 Å². The summed E-state index contributed by atoms with van der Waals surface area (Å²) < 4.78 is 12.4. The third-order valence-corrected chi connectivity index (χ3v) is 6.90. The zero-order valence-corrected chi connectivity index (χ0v) is 21.7. The number of anilines is 1. The number of hydrogen-bond donors (Lipinski definition) is 2. The molecule has 0 spiro atoms. The van der Waals surface area contributed by atoms with Crippen LogP contribution in [-0.4, -0.2) is 46.5 Å². The summed E-state index contributed by atoms with van der Waals surface area (Å²) in [5, 5.41) is 22.0. The molecule has 1 fully saturated rings. The Morgan fingerprint density at radius 2 is 2.09 bits per heavy atom. The van der Waals surface area contributed by atoms with E-state index in [1.165, 1.54) is 11.5 Å². The molecule has 0 bridgehead atoms. The summed E-state index contributed by atoms with van der Waals surface area (Å²) in [5.74, 6) is 0.438. The Morgan fingerprint density at radius 1 is 1.29 bits per heavy atom. The molecule has 1 aliphatic rings. The van der Waals surface area contributed by atoms with Crippen LogP contribution in [0.5, 0.6) is 5.75 Å². The van der Waals surface area contributed by atoms with Gasteiger partial charge in [-0.3, -0.25) is 4.79 Å². The maximum absolute atomic E-state index is 11.4. The van der Waals surface area contributed by atoms with Crippen molar-refractivity contribution in [2.24, 2.45) is 13.0 Å². The molecule has 188 valence electrons. The number of aryl methyl sites for hydroxylation is 2. The first-order chi connectivity index (χ1) is 16.7. The van der Waals surface area contributed by atoms with Gasteiger partial charge in [0.05, 0.1) is 35.6 Å². The monoisotopic (exact) mass is 499 g/mol. The predicted octanol–water partition coefficient (Wildman–Crippen LogP) is 4.22. The van der Waals surface area contributed by atoms with Gasteiger partial charge >= 0.3 is 5.97 Å². The molecule has 4 rings (SSSR count). The van der Waals surface area contributed by atoms with Crippen LogP contribution in [0.1, 0.15) is 70.6 Å². The Kier molecular flexibility index (Phi) is 7.34. The quantitative estimate of drug-likeness (QED) is 0.468. The lowest BCUT2D eigenvalue weighted by Gasteiger charge is -2.28. The van der Waals surface area contributed by atoms with Crippen molar-refractivity contribution in [3.8, 4) is 17.1 Å². The Bertz CT molecular complexity index is 1180. The number of ether oxygens (including phenoxy) is 1. The summed E-state index contributed by atoms with van der Waals surface area (Å²) >= 11 is 1.34. The molecule has 3 aromatic rings. The van der Waals surface area contributed by atoms with Gasteiger partial charge < -0.3 is 15.2 Å². The fourth-order valence-electron chi connectivity index (χ4n) is 4.17. The van der Waals surface area contributed by atoms with Crippen LogP contribution in [0.2, 0.25) is 0 Å².